The predicted molar refractivity (Wildman–Crippen MR) is 107 cm³/mol. The highest BCUT2D eigenvalue weighted by Gasteiger charge is 2.17. The molecule has 0 aromatic heterocycles. The number of nitrogens with one attached hydrogen (secondary N) is 2. The second-order valence-electron chi connectivity index (χ2n) is 6.82. The van der Waals surface area contributed by atoms with E-state index in [0.29, 0.717) is 13.0 Å². The van der Waals surface area contributed by atoms with Crippen LogP contribution in [-0.2, 0) is 23.0 Å². The highest BCUT2D eigenvalue weighted by molar-refractivity contribution is 7.90. The third-order valence-corrected chi connectivity index (χ3v) is 6.61. The molecule has 0 saturated heterocycles. The van der Waals surface area contributed by atoms with Gasteiger partial charge >= 0.3 is 0 Å². The number of hydrogen-bond donors (Lipinski definition) is 2. The van der Waals surface area contributed by atoms with Crippen molar-refractivity contribution in [3.8, 4) is 0 Å². The zero-order valence-corrected chi connectivity index (χ0v) is 17.0. The lowest BCUT2D eigenvalue weighted by Crippen LogP contribution is -2.32. The highest BCUT2D eigenvalue weighted by Crippen LogP contribution is 2.08. The Morgan fingerprint density at radius 1 is 0.920 bits per heavy atom. The average Bonchev–Trinajstić information content (AvgIpc) is 2.62. The Kier molecular flexibility index (Phi) is 11.0. The molecule has 2 N–H and O–H groups in total. The normalized spacial score (nSPS) is 13.1. The maximum atomic E-state index is 11.8. The van der Waals surface area contributed by atoms with Crippen molar-refractivity contribution in [1.29, 1.82) is 0 Å². The van der Waals surface area contributed by atoms with Gasteiger partial charge in [-0.3, -0.25) is 0 Å². The van der Waals surface area contributed by atoms with Crippen LogP contribution in [0.3, 0.4) is 0 Å². The first-order valence-corrected chi connectivity index (χ1v) is 11.3. The van der Waals surface area contributed by atoms with Crippen molar-refractivity contribution in [2.75, 3.05) is 13.1 Å². The zero-order chi connectivity index (χ0) is 18.5. The average molecular weight is 369 g/mol. The van der Waals surface area contributed by atoms with Crippen LogP contribution in [-0.4, -0.2) is 26.8 Å². The Bertz CT molecular complexity index is 556. The number of benzene rings is 1. The molecule has 0 aliphatic rings. The van der Waals surface area contributed by atoms with E-state index in [0.717, 1.165) is 32.4 Å². The van der Waals surface area contributed by atoms with E-state index in [9.17, 15) is 8.42 Å². The van der Waals surface area contributed by atoms with Crippen molar-refractivity contribution in [2.45, 2.75) is 77.5 Å². The zero-order valence-electron chi connectivity index (χ0n) is 16.2. The minimum Gasteiger partial charge on any atom is -0.313 e. The second kappa shape index (κ2) is 12.4. The van der Waals surface area contributed by atoms with Gasteiger partial charge in [0.1, 0.15) is 0 Å². The van der Waals surface area contributed by atoms with Crippen LogP contribution in [0.5, 0.6) is 0 Å². The minimum absolute atomic E-state index is 0.303. The van der Waals surface area contributed by atoms with Crippen LogP contribution in [0.25, 0.3) is 0 Å². The molecule has 0 spiro atoms. The molecule has 1 aromatic rings. The number of rotatable bonds is 14. The maximum Gasteiger partial charge on any atom is 0.214 e. The summed E-state index contributed by atoms with van der Waals surface area (Å²) in [7, 11) is -3.12. The number of sulfonamides is 1. The first-order valence-electron chi connectivity index (χ1n) is 9.76. The molecule has 0 bridgehead atoms. The van der Waals surface area contributed by atoms with E-state index >= 15 is 0 Å². The van der Waals surface area contributed by atoms with Gasteiger partial charge < -0.3 is 5.32 Å². The molecule has 1 rings (SSSR count). The number of hydrogen-bond acceptors (Lipinski definition) is 3. The van der Waals surface area contributed by atoms with Crippen LogP contribution in [0.1, 0.15) is 70.4 Å². The summed E-state index contributed by atoms with van der Waals surface area (Å²) in [4.78, 5) is 0. The molecule has 1 unspecified atom stereocenters. The lowest BCUT2D eigenvalue weighted by atomic mass is 10.1. The van der Waals surface area contributed by atoms with Gasteiger partial charge in [0.05, 0.1) is 5.25 Å². The van der Waals surface area contributed by atoms with Gasteiger partial charge in [-0.1, -0.05) is 51.0 Å². The van der Waals surface area contributed by atoms with Crippen LogP contribution in [0, 0.1) is 0 Å². The molecule has 144 valence electrons. The largest absolute Gasteiger partial charge is 0.313 e. The summed E-state index contributed by atoms with van der Waals surface area (Å²) in [5.74, 6) is 0. The van der Waals surface area contributed by atoms with Crippen molar-refractivity contribution >= 4 is 10.0 Å². The first-order chi connectivity index (χ1) is 12.0. The molecule has 0 aliphatic carbocycles. The molecule has 5 heteroatoms. The molecule has 0 radical (unpaired) electrons. The quantitative estimate of drug-likeness (QED) is 0.488. The third kappa shape index (κ3) is 9.38. The lowest BCUT2D eigenvalue weighted by molar-refractivity contribution is 0.555. The molecule has 25 heavy (non-hydrogen) atoms. The Labute approximate surface area is 154 Å². The molecule has 1 aromatic carbocycles. The lowest BCUT2D eigenvalue weighted by Gasteiger charge is -2.11. The van der Waals surface area contributed by atoms with Gasteiger partial charge in [0.25, 0.3) is 0 Å². The van der Waals surface area contributed by atoms with Crippen LogP contribution in [0.2, 0.25) is 0 Å². The van der Waals surface area contributed by atoms with E-state index < -0.39 is 10.0 Å². The summed E-state index contributed by atoms with van der Waals surface area (Å²) in [5, 5.41) is 3.16. The van der Waals surface area contributed by atoms with Gasteiger partial charge in [-0.15, -0.1) is 0 Å². The molecule has 1 atom stereocenters. The van der Waals surface area contributed by atoms with E-state index in [1.54, 1.807) is 6.92 Å². The van der Waals surface area contributed by atoms with E-state index in [2.05, 4.69) is 41.2 Å². The minimum atomic E-state index is -3.12. The van der Waals surface area contributed by atoms with Gasteiger partial charge in [0.15, 0.2) is 0 Å². The van der Waals surface area contributed by atoms with E-state index in [4.69, 9.17) is 0 Å². The highest BCUT2D eigenvalue weighted by atomic mass is 32.2. The molecule has 0 fully saturated rings. The van der Waals surface area contributed by atoms with Gasteiger partial charge in [-0.05, 0) is 56.7 Å². The molecular weight excluding hydrogens is 332 g/mol. The smallest absolute Gasteiger partial charge is 0.214 e. The fraction of sp³-hybridized carbons (Fsp3) is 0.700. The van der Waals surface area contributed by atoms with Gasteiger partial charge in [-0.25, -0.2) is 13.1 Å². The second-order valence-corrected chi connectivity index (χ2v) is 9.00. The Balaban J connectivity index is 2.07. The Morgan fingerprint density at radius 2 is 1.56 bits per heavy atom. The van der Waals surface area contributed by atoms with Gasteiger partial charge in [-0.2, -0.15) is 0 Å². The molecule has 0 heterocycles. The summed E-state index contributed by atoms with van der Waals surface area (Å²) in [6.45, 7) is 8.28. The van der Waals surface area contributed by atoms with E-state index in [1.807, 2.05) is 6.92 Å². The van der Waals surface area contributed by atoms with Crippen LogP contribution < -0.4 is 10.0 Å². The van der Waals surface area contributed by atoms with E-state index in [-0.39, 0.29) is 5.25 Å². The predicted octanol–water partition coefficient (Wildman–Crippen LogP) is 4.01. The summed E-state index contributed by atoms with van der Waals surface area (Å²) in [5.41, 5.74) is 2.74. The van der Waals surface area contributed by atoms with Gasteiger partial charge in [0, 0.05) is 13.1 Å². The van der Waals surface area contributed by atoms with Crippen LogP contribution in [0.15, 0.2) is 24.3 Å². The maximum absolute atomic E-state index is 11.8. The van der Waals surface area contributed by atoms with Crippen LogP contribution in [0.4, 0.5) is 0 Å². The summed E-state index contributed by atoms with van der Waals surface area (Å²) in [6.07, 6.45) is 7.31. The SMILES string of the molecule is CCCCc1ccc(CNCCCCCNS(=O)(=O)C(C)CC)cc1. The fourth-order valence-corrected chi connectivity index (χ4v) is 3.72. The standard InChI is InChI=1S/C20H36N2O2S/c1-4-6-10-19-11-13-20(14-12-19)17-21-15-8-7-9-16-22-25(23,24)18(3)5-2/h11-14,18,21-22H,4-10,15-17H2,1-3H3. The Morgan fingerprint density at radius 3 is 2.20 bits per heavy atom. The van der Waals surface area contributed by atoms with Crippen molar-refractivity contribution in [3.63, 3.8) is 0 Å². The molecule has 0 amide bonds. The molecule has 4 nitrogen and oxygen atoms in total. The van der Waals surface area contributed by atoms with Crippen molar-refractivity contribution in [3.05, 3.63) is 35.4 Å². The number of unbranched alkanes of at least 4 members (excludes halogenated alkanes) is 3. The first kappa shape index (κ1) is 22.1. The molecule has 0 aliphatic heterocycles. The monoisotopic (exact) mass is 368 g/mol. The van der Waals surface area contributed by atoms with Crippen molar-refractivity contribution < 1.29 is 8.42 Å². The third-order valence-electron chi connectivity index (χ3n) is 4.61. The van der Waals surface area contributed by atoms with Crippen molar-refractivity contribution in [2.24, 2.45) is 0 Å². The summed E-state index contributed by atoms with van der Waals surface area (Å²) < 4.78 is 26.3. The number of aryl methyl sites for hydroxylation is 1. The van der Waals surface area contributed by atoms with Crippen molar-refractivity contribution in [1.82, 2.24) is 10.0 Å². The molecule has 0 saturated carbocycles. The molecular formula is C20H36N2O2S. The topological polar surface area (TPSA) is 58.2 Å². The summed E-state index contributed by atoms with van der Waals surface area (Å²) >= 11 is 0. The van der Waals surface area contributed by atoms with E-state index in [1.165, 1.54) is 30.4 Å². The van der Waals surface area contributed by atoms with Crippen LogP contribution >= 0.6 is 0 Å². The van der Waals surface area contributed by atoms with Gasteiger partial charge in [0.2, 0.25) is 10.0 Å². The Hall–Kier alpha value is -0.910. The summed E-state index contributed by atoms with van der Waals surface area (Å²) in [6, 6.07) is 8.88. The fourth-order valence-electron chi connectivity index (χ4n) is 2.57.